The third kappa shape index (κ3) is 6.30. The summed E-state index contributed by atoms with van der Waals surface area (Å²) >= 11 is 9.00. The minimum atomic E-state index is -3.07. The van der Waals surface area contributed by atoms with Gasteiger partial charge in [-0.1, -0.05) is 17.7 Å². The molecule has 1 aromatic heterocycles. The average molecular weight is 500 g/mol. The minimum Gasteiger partial charge on any atom is -0.484 e. The van der Waals surface area contributed by atoms with Crippen LogP contribution in [0.15, 0.2) is 65.3 Å². The molecular weight excluding hydrogens is 486 g/mol. The summed E-state index contributed by atoms with van der Waals surface area (Å²) in [7, 11) is 0. The molecule has 30 heavy (non-hydrogen) atoms. The molecule has 1 N–H and O–H groups in total. The van der Waals surface area contributed by atoms with E-state index in [0.717, 1.165) is 0 Å². The van der Waals surface area contributed by atoms with Gasteiger partial charge in [0.05, 0.1) is 10.2 Å². The Morgan fingerprint density at radius 2 is 1.87 bits per heavy atom. The molecule has 0 bridgehead atoms. The van der Waals surface area contributed by atoms with Gasteiger partial charge in [-0.2, -0.15) is 8.78 Å². The van der Waals surface area contributed by atoms with Crippen molar-refractivity contribution in [3.63, 3.8) is 0 Å². The van der Waals surface area contributed by atoms with Crippen molar-refractivity contribution in [2.45, 2.75) is 6.61 Å². The summed E-state index contributed by atoms with van der Waals surface area (Å²) in [4.78, 5) is 16.2. The van der Waals surface area contributed by atoms with Crippen LogP contribution < -0.4 is 19.5 Å². The topological polar surface area (TPSA) is 69.7 Å². The molecule has 0 spiro atoms. The number of nitrogens with zero attached hydrogens (tertiary/aromatic N) is 1. The number of benzene rings is 2. The maximum Gasteiger partial charge on any atom is 0.387 e. The van der Waals surface area contributed by atoms with Gasteiger partial charge in [-0.15, -0.1) is 0 Å². The SMILES string of the molecule is O=C(COc1ccc(Oc2ccccn2)cc1)Nc1cc(Cl)cc(Br)c1OC(F)F. The number of ether oxygens (including phenoxy) is 3. The Kier molecular flexibility index (Phi) is 7.42. The van der Waals surface area contributed by atoms with Crippen molar-refractivity contribution in [2.24, 2.45) is 0 Å². The van der Waals surface area contributed by atoms with Crippen molar-refractivity contribution < 1.29 is 27.8 Å². The largest absolute Gasteiger partial charge is 0.484 e. The number of aromatic nitrogens is 1. The number of rotatable bonds is 8. The standard InChI is InChI=1S/C20H14BrClF2N2O4/c21-15-9-12(22)10-16(19(15)30-20(23)24)26-17(27)11-28-13-4-6-14(7-5-13)29-18-3-1-2-8-25-18/h1-10,20H,11H2,(H,26,27). The normalized spacial score (nSPS) is 10.6. The molecule has 3 aromatic rings. The lowest BCUT2D eigenvalue weighted by atomic mass is 10.3. The van der Waals surface area contributed by atoms with Crippen molar-refractivity contribution in [1.29, 1.82) is 0 Å². The van der Waals surface area contributed by atoms with Crippen molar-refractivity contribution in [2.75, 3.05) is 11.9 Å². The van der Waals surface area contributed by atoms with Crippen molar-refractivity contribution >= 4 is 39.1 Å². The summed E-state index contributed by atoms with van der Waals surface area (Å²) in [6.07, 6.45) is 1.61. The van der Waals surface area contributed by atoms with E-state index in [1.54, 1.807) is 48.7 Å². The Morgan fingerprint density at radius 3 is 2.53 bits per heavy atom. The van der Waals surface area contributed by atoms with Crippen LogP contribution >= 0.6 is 27.5 Å². The van der Waals surface area contributed by atoms with E-state index in [9.17, 15) is 13.6 Å². The number of carbonyl (C=O) groups is 1. The van der Waals surface area contributed by atoms with Crippen molar-refractivity contribution in [1.82, 2.24) is 4.98 Å². The van der Waals surface area contributed by atoms with Gasteiger partial charge in [-0.3, -0.25) is 4.79 Å². The third-order valence-corrected chi connectivity index (χ3v) is 4.35. The zero-order valence-electron chi connectivity index (χ0n) is 15.2. The lowest BCUT2D eigenvalue weighted by Crippen LogP contribution is -2.21. The van der Waals surface area contributed by atoms with Crippen LogP contribution in [0.5, 0.6) is 23.1 Å². The Hall–Kier alpha value is -2.91. The molecule has 0 aliphatic carbocycles. The van der Waals surface area contributed by atoms with Gasteiger partial charge in [0.1, 0.15) is 11.5 Å². The van der Waals surface area contributed by atoms with E-state index in [4.69, 9.17) is 21.1 Å². The number of carbonyl (C=O) groups excluding carboxylic acids is 1. The number of nitrogens with one attached hydrogen (secondary N) is 1. The predicted octanol–water partition coefficient (Wildman–Crippen LogP) is 5.91. The van der Waals surface area contributed by atoms with E-state index >= 15 is 0 Å². The smallest absolute Gasteiger partial charge is 0.387 e. The number of hydrogen-bond acceptors (Lipinski definition) is 5. The Morgan fingerprint density at radius 1 is 1.13 bits per heavy atom. The summed E-state index contributed by atoms with van der Waals surface area (Å²) < 4.78 is 40.9. The number of anilines is 1. The summed E-state index contributed by atoms with van der Waals surface area (Å²) in [5, 5.41) is 2.67. The van der Waals surface area contributed by atoms with Crippen LogP contribution in [0.1, 0.15) is 0 Å². The van der Waals surface area contributed by atoms with Crippen LogP contribution in [0.2, 0.25) is 5.02 Å². The molecule has 0 aliphatic heterocycles. The molecule has 1 amide bonds. The quantitative estimate of drug-likeness (QED) is 0.417. The van der Waals surface area contributed by atoms with E-state index in [1.807, 2.05) is 0 Å². The molecule has 10 heteroatoms. The fourth-order valence-corrected chi connectivity index (χ4v) is 3.23. The molecule has 0 atom stereocenters. The maximum absolute atomic E-state index is 12.6. The van der Waals surface area contributed by atoms with Gasteiger partial charge in [-0.05, 0) is 58.4 Å². The molecule has 1 heterocycles. The first kappa shape index (κ1) is 21.8. The molecule has 3 rings (SSSR count). The molecule has 0 saturated heterocycles. The zero-order chi connectivity index (χ0) is 21.5. The molecule has 2 aromatic carbocycles. The summed E-state index contributed by atoms with van der Waals surface area (Å²) in [5.41, 5.74) is -0.0117. The Bertz CT molecular complexity index is 1010. The average Bonchev–Trinajstić information content (AvgIpc) is 2.71. The maximum atomic E-state index is 12.6. The molecular formula is C20H14BrClF2N2O4. The number of amides is 1. The van der Waals surface area contributed by atoms with Crippen molar-refractivity contribution in [3.8, 4) is 23.1 Å². The van der Waals surface area contributed by atoms with Crippen LogP contribution in [-0.2, 0) is 4.79 Å². The highest BCUT2D eigenvalue weighted by Crippen LogP contribution is 2.37. The fourth-order valence-electron chi connectivity index (χ4n) is 2.33. The highest BCUT2D eigenvalue weighted by Gasteiger charge is 2.17. The van der Waals surface area contributed by atoms with E-state index in [0.29, 0.717) is 17.4 Å². The number of hydrogen-bond donors (Lipinski definition) is 1. The summed E-state index contributed by atoms with van der Waals surface area (Å²) in [6, 6.07) is 14.5. The van der Waals surface area contributed by atoms with Gasteiger partial charge in [0, 0.05) is 17.3 Å². The molecule has 0 saturated carbocycles. The van der Waals surface area contributed by atoms with Gasteiger partial charge < -0.3 is 19.5 Å². The van der Waals surface area contributed by atoms with Crippen molar-refractivity contribution in [3.05, 3.63) is 70.3 Å². The first-order valence-electron chi connectivity index (χ1n) is 8.46. The third-order valence-electron chi connectivity index (χ3n) is 3.54. The minimum absolute atomic E-state index is 0.0117. The van der Waals surface area contributed by atoms with Gasteiger partial charge >= 0.3 is 6.61 Å². The molecule has 6 nitrogen and oxygen atoms in total. The Balaban J connectivity index is 1.58. The second-order valence-electron chi connectivity index (χ2n) is 5.72. The lowest BCUT2D eigenvalue weighted by molar-refractivity contribution is -0.118. The summed E-state index contributed by atoms with van der Waals surface area (Å²) in [6.45, 7) is -3.43. The van der Waals surface area contributed by atoms with Crippen LogP contribution in [0.25, 0.3) is 0 Å². The lowest BCUT2D eigenvalue weighted by Gasteiger charge is -2.14. The predicted molar refractivity (Wildman–Crippen MR) is 111 cm³/mol. The molecule has 0 fully saturated rings. The fraction of sp³-hybridized carbons (Fsp3) is 0.100. The van der Waals surface area contributed by atoms with E-state index < -0.39 is 12.5 Å². The second kappa shape index (κ2) is 10.2. The van der Waals surface area contributed by atoms with Gasteiger partial charge in [0.2, 0.25) is 5.88 Å². The highest BCUT2D eigenvalue weighted by atomic mass is 79.9. The van der Waals surface area contributed by atoms with Gasteiger partial charge in [0.15, 0.2) is 12.4 Å². The molecule has 0 radical (unpaired) electrons. The first-order valence-corrected chi connectivity index (χ1v) is 9.63. The van der Waals surface area contributed by atoms with E-state index in [1.165, 1.54) is 12.1 Å². The molecule has 156 valence electrons. The highest BCUT2D eigenvalue weighted by molar-refractivity contribution is 9.10. The van der Waals surface area contributed by atoms with Crippen LogP contribution in [0.3, 0.4) is 0 Å². The van der Waals surface area contributed by atoms with Crippen LogP contribution in [0.4, 0.5) is 14.5 Å². The van der Waals surface area contributed by atoms with E-state index in [2.05, 4.69) is 31.0 Å². The van der Waals surface area contributed by atoms with Gasteiger partial charge in [0.25, 0.3) is 5.91 Å². The molecule has 0 aliphatic rings. The van der Waals surface area contributed by atoms with E-state index in [-0.39, 0.29) is 27.5 Å². The Labute approximate surface area is 183 Å². The number of pyridine rings is 1. The van der Waals surface area contributed by atoms with Gasteiger partial charge in [-0.25, -0.2) is 4.98 Å². The summed E-state index contributed by atoms with van der Waals surface area (Å²) in [5.74, 6) is 0.578. The number of alkyl halides is 2. The van der Waals surface area contributed by atoms with Crippen LogP contribution in [0, 0.1) is 0 Å². The second-order valence-corrected chi connectivity index (χ2v) is 7.01. The zero-order valence-corrected chi connectivity index (χ0v) is 17.5. The van der Waals surface area contributed by atoms with Crippen LogP contribution in [-0.4, -0.2) is 24.1 Å². The monoisotopic (exact) mass is 498 g/mol. The number of halogens is 4. The first-order chi connectivity index (χ1) is 14.4. The molecule has 0 unspecified atom stereocenters.